The van der Waals surface area contributed by atoms with E-state index >= 15 is 0 Å². The van der Waals surface area contributed by atoms with E-state index in [1.807, 2.05) is 6.07 Å². The lowest BCUT2D eigenvalue weighted by atomic mass is 10.2. The maximum absolute atomic E-state index is 5.55. The van der Waals surface area contributed by atoms with Crippen LogP contribution in [-0.2, 0) is 4.74 Å². The minimum Gasteiger partial charge on any atom is -0.376 e. The van der Waals surface area contributed by atoms with E-state index in [2.05, 4.69) is 27.5 Å². The molecule has 0 aromatic carbocycles. The van der Waals surface area contributed by atoms with Crippen LogP contribution in [0.4, 0.5) is 11.8 Å². The highest BCUT2D eigenvalue weighted by molar-refractivity contribution is 5.39. The molecule has 2 rings (SSSR count). The number of aromatic nitrogens is 2. The molecule has 17 heavy (non-hydrogen) atoms. The standard InChI is InChI=1S/C12H20N4O/c1-2-6-13-12-14-7-5-11(16-12)15-9-10-4-3-8-17-10/h5,7,10H,2-4,6,8-9H2,1H3,(H2,13,14,15,16). The molecule has 1 aromatic heterocycles. The zero-order valence-corrected chi connectivity index (χ0v) is 10.3. The van der Waals surface area contributed by atoms with Gasteiger partial charge in [-0.15, -0.1) is 0 Å². The van der Waals surface area contributed by atoms with Crippen LogP contribution in [0.15, 0.2) is 12.3 Å². The summed E-state index contributed by atoms with van der Waals surface area (Å²) in [5.41, 5.74) is 0. The summed E-state index contributed by atoms with van der Waals surface area (Å²) < 4.78 is 5.55. The summed E-state index contributed by atoms with van der Waals surface area (Å²) in [6.07, 6.45) is 5.47. The molecule has 1 aliphatic heterocycles. The number of nitrogens with zero attached hydrogens (tertiary/aromatic N) is 2. The molecule has 1 unspecified atom stereocenters. The molecule has 1 aliphatic rings. The molecule has 0 bridgehead atoms. The Morgan fingerprint density at radius 2 is 2.41 bits per heavy atom. The Bertz CT molecular complexity index is 339. The second-order valence-corrected chi connectivity index (χ2v) is 4.21. The highest BCUT2D eigenvalue weighted by Crippen LogP contribution is 2.13. The van der Waals surface area contributed by atoms with Crippen molar-refractivity contribution in [1.29, 1.82) is 0 Å². The summed E-state index contributed by atoms with van der Waals surface area (Å²) in [7, 11) is 0. The van der Waals surface area contributed by atoms with Crippen LogP contribution in [0.1, 0.15) is 26.2 Å². The van der Waals surface area contributed by atoms with E-state index in [0.717, 1.165) is 38.4 Å². The summed E-state index contributed by atoms with van der Waals surface area (Å²) in [4.78, 5) is 8.55. The van der Waals surface area contributed by atoms with Crippen molar-refractivity contribution >= 4 is 11.8 Å². The summed E-state index contributed by atoms with van der Waals surface area (Å²) in [6, 6.07) is 1.88. The molecule has 5 nitrogen and oxygen atoms in total. The molecule has 2 N–H and O–H groups in total. The number of ether oxygens (including phenoxy) is 1. The van der Waals surface area contributed by atoms with Crippen LogP contribution in [0.5, 0.6) is 0 Å². The molecule has 0 amide bonds. The van der Waals surface area contributed by atoms with Crippen molar-refractivity contribution in [2.45, 2.75) is 32.3 Å². The third-order valence-electron chi connectivity index (χ3n) is 2.72. The zero-order valence-electron chi connectivity index (χ0n) is 10.3. The van der Waals surface area contributed by atoms with Gasteiger partial charge in [0.15, 0.2) is 0 Å². The van der Waals surface area contributed by atoms with Gasteiger partial charge in [-0.1, -0.05) is 6.92 Å². The van der Waals surface area contributed by atoms with Crippen molar-refractivity contribution in [1.82, 2.24) is 9.97 Å². The van der Waals surface area contributed by atoms with Gasteiger partial charge in [0.25, 0.3) is 0 Å². The Labute approximate surface area is 102 Å². The Morgan fingerprint density at radius 3 is 3.18 bits per heavy atom. The number of anilines is 2. The molecule has 5 heteroatoms. The summed E-state index contributed by atoms with van der Waals surface area (Å²) >= 11 is 0. The molecule has 1 saturated heterocycles. The molecule has 2 heterocycles. The molecule has 1 aromatic rings. The van der Waals surface area contributed by atoms with Crippen LogP contribution in [-0.4, -0.2) is 35.8 Å². The third kappa shape index (κ3) is 3.85. The van der Waals surface area contributed by atoms with Gasteiger partial charge in [0.1, 0.15) is 5.82 Å². The minimum atomic E-state index is 0.331. The first-order valence-electron chi connectivity index (χ1n) is 6.31. The van der Waals surface area contributed by atoms with Gasteiger partial charge in [0.05, 0.1) is 6.10 Å². The van der Waals surface area contributed by atoms with Crippen molar-refractivity contribution in [2.24, 2.45) is 0 Å². The van der Waals surface area contributed by atoms with Crippen LogP contribution in [0.25, 0.3) is 0 Å². The van der Waals surface area contributed by atoms with Crippen molar-refractivity contribution in [3.8, 4) is 0 Å². The predicted octanol–water partition coefficient (Wildman–Crippen LogP) is 1.89. The lowest BCUT2D eigenvalue weighted by molar-refractivity contribution is 0.120. The SMILES string of the molecule is CCCNc1nccc(NCC2CCCO2)n1. The van der Waals surface area contributed by atoms with E-state index in [1.165, 1.54) is 6.42 Å². The van der Waals surface area contributed by atoms with Gasteiger partial charge in [-0.3, -0.25) is 0 Å². The minimum absolute atomic E-state index is 0.331. The van der Waals surface area contributed by atoms with E-state index in [4.69, 9.17) is 4.74 Å². The van der Waals surface area contributed by atoms with Gasteiger partial charge in [-0.05, 0) is 25.3 Å². The largest absolute Gasteiger partial charge is 0.376 e. The highest BCUT2D eigenvalue weighted by Gasteiger charge is 2.14. The molecular weight excluding hydrogens is 216 g/mol. The van der Waals surface area contributed by atoms with Crippen molar-refractivity contribution in [3.05, 3.63) is 12.3 Å². The third-order valence-corrected chi connectivity index (χ3v) is 2.72. The Morgan fingerprint density at radius 1 is 1.47 bits per heavy atom. The molecule has 0 radical (unpaired) electrons. The number of nitrogens with one attached hydrogen (secondary N) is 2. The van der Waals surface area contributed by atoms with E-state index in [0.29, 0.717) is 12.1 Å². The van der Waals surface area contributed by atoms with Crippen molar-refractivity contribution < 1.29 is 4.74 Å². The topological polar surface area (TPSA) is 59.1 Å². The second kappa shape index (κ2) is 6.39. The Kier molecular flexibility index (Phi) is 4.55. The van der Waals surface area contributed by atoms with Gasteiger partial charge in [0, 0.05) is 25.9 Å². The summed E-state index contributed by atoms with van der Waals surface area (Å²) in [5, 5.41) is 6.46. The number of hydrogen-bond acceptors (Lipinski definition) is 5. The summed E-state index contributed by atoms with van der Waals surface area (Å²) in [5.74, 6) is 1.54. The van der Waals surface area contributed by atoms with Crippen LogP contribution >= 0.6 is 0 Å². The summed E-state index contributed by atoms with van der Waals surface area (Å²) in [6.45, 7) is 4.73. The fourth-order valence-electron chi connectivity index (χ4n) is 1.80. The Balaban J connectivity index is 1.82. The van der Waals surface area contributed by atoms with Crippen LogP contribution in [0.2, 0.25) is 0 Å². The van der Waals surface area contributed by atoms with E-state index in [9.17, 15) is 0 Å². The molecular formula is C12H20N4O. The van der Waals surface area contributed by atoms with Gasteiger partial charge < -0.3 is 15.4 Å². The maximum Gasteiger partial charge on any atom is 0.224 e. The van der Waals surface area contributed by atoms with E-state index in [-0.39, 0.29) is 0 Å². The van der Waals surface area contributed by atoms with E-state index in [1.54, 1.807) is 6.20 Å². The average molecular weight is 236 g/mol. The molecule has 0 aliphatic carbocycles. The lowest BCUT2D eigenvalue weighted by Crippen LogP contribution is -2.19. The number of rotatable bonds is 6. The quantitative estimate of drug-likeness (QED) is 0.790. The zero-order chi connectivity index (χ0) is 11.9. The first kappa shape index (κ1) is 12.1. The van der Waals surface area contributed by atoms with E-state index < -0.39 is 0 Å². The normalized spacial score (nSPS) is 19.2. The monoisotopic (exact) mass is 236 g/mol. The van der Waals surface area contributed by atoms with Crippen molar-refractivity contribution in [3.63, 3.8) is 0 Å². The predicted molar refractivity (Wildman–Crippen MR) is 68.3 cm³/mol. The van der Waals surface area contributed by atoms with Gasteiger partial charge in [-0.25, -0.2) is 4.98 Å². The van der Waals surface area contributed by atoms with Crippen molar-refractivity contribution in [2.75, 3.05) is 30.3 Å². The first-order valence-corrected chi connectivity index (χ1v) is 6.31. The smallest absolute Gasteiger partial charge is 0.224 e. The average Bonchev–Trinajstić information content (AvgIpc) is 2.87. The van der Waals surface area contributed by atoms with Gasteiger partial charge >= 0.3 is 0 Å². The fraction of sp³-hybridized carbons (Fsp3) is 0.667. The Hall–Kier alpha value is -1.36. The van der Waals surface area contributed by atoms with Crippen LogP contribution < -0.4 is 10.6 Å². The van der Waals surface area contributed by atoms with Gasteiger partial charge in [-0.2, -0.15) is 4.98 Å². The highest BCUT2D eigenvalue weighted by atomic mass is 16.5. The van der Waals surface area contributed by atoms with Crippen LogP contribution in [0, 0.1) is 0 Å². The van der Waals surface area contributed by atoms with Gasteiger partial charge in [0.2, 0.25) is 5.95 Å². The fourth-order valence-corrected chi connectivity index (χ4v) is 1.80. The first-order chi connectivity index (χ1) is 8.38. The molecule has 0 spiro atoms. The molecule has 1 atom stereocenters. The lowest BCUT2D eigenvalue weighted by Gasteiger charge is -2.11. The number of hydrogen-bond donors (Lipinski definition) is 2. The second-order valence-electron chi connectivity index (χ2n) is 4.21. The molecule has 0 saturated carbocycles. The maximum atomic E-state index is 5.55. The van der Waals surface area contributed by atoms with Crippen LogP contribution in [0.3, 0.4) is 0 Å². The molecule has 1 fully saturated rings. The molecule has 94 valence electrons.